The van der Waals surface area contributed by atoms with Crippen molar-refractivity contribution in [3.63, 3.8) is 0 Å². The van der Waals surface area contributed by atoms with Gasteiger partial charge in [0.2, 0.25) is 17.7 Å². The molecule has 1 aromatic carbocycles. The third-order valence-corrected chi connectivity index (χ3v) is 7.52. The summed E-state index contributed by atoms with van der Waals surface area (Å²) >= 11 is 6.41. The number of halogens is 1. The van der Waals surface area contributed by atoms with Gasteiger partial charge in [-0.2, -0.15) is 0 Å². The second kappa shape index (κ2) is 13.7. The molecule has 1 aliphatic rings. The lowest BCUT2D eigenvalue weighted by Gasteiger charge is -2.42. The predicted octanol–water partition coefficient (Wildman–Crippen LogP) is 4.77. The van der Waals surface area contributed by atoms with Crippen molar-refractivity contribution in [1.29, 1.82) is 0 Å². The van der Waals surface area contributed by atoms with Gasteiger partial charge in [-0.05, 0) is 31.2 Å². The summed E-state index contributed by atoms with van der Waals surface area (Å²) in [5.41, 5.74) is 0.700. The number of hydrogen-bond acceptors (Lipinski definition) is 3. The maximum atomic E-state index is 13.5. The Morgan fingerprint density at radius 3 is 2.29 bits per heavy atom. The summed E-state index contributed by atoms with van der Waals surface area (Å²) in [7, 11) is 0. The number of rotatable bonds is 11. The molecule has 34 heavy (non-hydrogen) atoms. The minimum absolute atomic E-state index is 0.0374. The highest BCUT2D eigenvalue weighted by Gasteiger charge is 2.37. The summed E-state index contributed by atoms with van der Waals surface area (Å²) < 4.78 is 0. The fourth-order valence-electron chi connectivity index (χ4n) is 4.55. The molecule has 3 amide bonds. The number of piperazine rings is 1. The first kappa shape index (κ1) is 28.2. The van der Waals surface area contributed by atoms with Gasteiger partial charge in [0.05, 0.1) is 0 Å². The second-order valence-corrected chi connectivity index (χ2v) is 9.99. The van der Waals surface area contributed by atoms with Crippen LogP contribution in [0.4, 0.5) is 0 Å². The molecule has 6 nitrogen and oxygen atoms in total. The van der Waals surface area contributed by atoms with Gasteiger partial charge in [0.25, 0.3) is 0 Å². The molecule has 1 fully saturated rings. The molecule has 1 heterocycles. The van der Waals surface area contributed by atoms with E-state index in [0.29, 0.717) is 25.2 Å². The zero-order chi connectivity index (χ0) is 25.3. The van der Waals surface area contributed by atoms with Gasteiger partial charge in [-0.25, -0.2) is 0 Å². The number of carbonyl (C=O) groups is 3. The van der Waals surface area contributed by atoms with E-state index in [1.54, 1.807) is 17.0 Å². The van der Waals surface area contributed by atoms with E-state index < -0.39 is 11.4 Å². The van der Waals surface area contributed by atoms with Crippen LogP contribution in [-0.4, -0.2) is 59.2 Å². The zero-order valence-electron chi connectivity index (χ0n) is 21.4. The SMILES string of the molecule is CCCCC(CC)C(=O)N1CCN(C(=O)C(NC(=O)C(Cl)c2ccccc2)C(C)CC)CC1C. The van der Waals surface area contributed by atoms with Gasteiger partial charge in [-0.3, -0.25) is 14.4 Å². The smallest absolute Gasteiger partial charge is 0.245 e. The van der Waals surface area contributed by atoms with Crippen LogP contribution in [0, 0.1) is 11.8 Å². The Hall–Kier alpha value is -2.08. The Morgan fingerprint density at radius 1 is 1.06 bits per heavy atom. The lowest BCUT2D eigenvalue weighted by atomic mass is 9.95. The molecule has 7 heteroatoms. The fourth-order valence-corrected chi connectivity index (χ4v) is 4.76. The molecule has 5 atom stereocenters. The largest absolute Gasteiger partial charge is 0.342 e. The molecule has 2 rings (SSSR count). The summed E-state index contributed by atoms with van der Waals surface area (Å²) in [4.78, 5) is 43.3. The van der Waals surface area contributed by atoms with Crippen LogP contribution < -0.4 is 5.32 Å². The van der Waals surface area contributed by atoms with E-state index >= 15 is 0 Å². The first-order valence-corrected chi connectivity index (χ1v) is 13.3. The van der Waals surface area contributed by atoms with E-state index in [1.807, 2.05) is 43.9 Å². The van der Waals surface area contributed by atoms with Crippen LogP contribution in [0.25, 0.3) is 0 Å². The number of carbonyl (C=O) groups excluding carboxylic acids is 3. The van der Waals surface area contributed by atoms with Crippen molar-refractivity contribution in [2.45, 2.75) is 84.2 Å². The fraction of sp³-hybridized carbons (Fsp3) is 0.667. The molecule has 0 aliphatic carbocycles. The van der Waals surface area contributed by atoms with Crippen molar-refractivity contribution in [3.05, 3.63) is 35.9 Å². The Bertz CT molecular complexity index is 804. The third kappa shape index (κ3) is 7.21. The van der Waals surface area contributed by atoms with Gasteiger partial charge < -0.3 is 15.1 Å². The molecule has 1 aliphatic heterocycles. The molecule has 0 spiro atoms. The van der Waals surface area contributed by atoms with Crippen molar-refractivity contribution in [2.75, 3.05) is 19.6 Å². The summed E-state index contributed by atoms with van der Waals surface area (Å²) in [6.07, 6.45) is 4.64. The lowest BCUT2D eigenvalue weighted by molar-refractivity contribution is -0.147. The van der Waals surface area contributed by atoms with E-state index in [9.17, 15) is 14.4 Å². The first-order valence-electron chi connectivity index (χ1n) is 12.8. The molecule has 190 valence electrons. The van der Waals surface area contributed by atoms with Crippen LogP contribution in [-0.2, 0) is 14.4 Å². The van der Waals surface area contributed by atoms with Gasteiger partial charge in [0.1, 0.15) is 11.4 Å². The normalized spacial score (nSPS) is 19.8. The summed E-state index contributed by atoms with van der Waals surface area (Å²) in [6, 6.07) is 8.45. The number of amides is 3. The van der Waals surface area contributed by atoms with E-state index in [0.717, 1.165) is 32.1 Å². The topological polar surface area (TPSA) is 69.7 Å². The highest BCUT2D eigenvalue weighted by atomic mass is 35.5. The summed E-state index contributed by atoms with van der Waals surface area (Å²) in [5, 5.41) is 2.06. The zero-order valence-corrected chi connectivity index (χ0v) is 22.2. The Balaban J connectivity index is 2.06. The van der Waals surface area contributed by atoms with Crippen LogP contribution in [0.3, 0.4) is 0 Å². The van der Waals surface area contributed by atoms with E-state index in [1.165, 1.54) is 0 Å². The molecule has 1 saturated heterocycles. The molecular formula is C27H42ClN3O3. The molecule has 0 aromatic heterocycles. The second-order valence-electron chi connectivity index (χ2n) is 9.56. The average Bonchev–Trinajstić information content (AvgIpc) is 2.86. The quantitative estimate of drug-likeness (QED) is 0.453. The van der Waals surface area contributed by atoms with Crippen LogP contribution in [0.2, 0.25) is 0 Å². The van der Waals surface area contributed by atoms with Crippen molar-refractivity contribution in [1.82, 2.24) is 15.1 Å². The maximum absolute atomic E-state index is 13.5. The summed E-state index contributed by atoms with van der Waals surface area (Å²) in [5.74, 6) is -0.248. The molecule has 5 unspecified atom stereocenters. The number of nitrogens with zero attached hydrogens (tertiary/aromatic N) is 2. The van der Waals surface area contributed by atoms with Crippen molar-refractivity contribution < 1.29 is 14.4 Å². The number of hydrogen-bond donors (Lipinski definition) is 1. The third-order valence-electron chi connectivity index (χ3n) is 7.07. The first-order chi connectivity index (χ1) is 16.2. The van der Waals surface area contributed by atoms with E-state index in [2.05, 4.69) is 19.2 Å². The predicted molar refractivity (Wildman–Crippen MR) is 137 cm³/mol. The van der Waals surface area contributed by atoms with Crippen LogP contribution >= 0.6 is 11.6 Å². The van der Waals surface area contributed by atoms with Gasteiger partial charge in [-0.15, -0.1) is 11.6 Å². The standard InChI is InChI=1S/C27H42ClN3O3/c1-6-9-13-21(8-3)26(33)31-17-16-30(18-20(31)5)27(34)24(19(4)7-2)29-25(32)23(28)22-14-11-10-12-15-22/h10-12,14-15,19-21,23-24H,6-9,13,16-18H2,1-5H3,(H,29,32). The van der Waals surface area contributed by atoms with E-state index in [4.69, 9.17) is 11.6 Å². The Labute approximate surface area is 210 Å². The van der Waals surface area contributed by atoms with Gasteiger partial charge in [0.15, 0.2) is 0 Å². The summed E-state index contributed by atoms with van der Waals surface area (Å²) in [6.45, 7) is 11.7. The van der Waals surface area contributed by atoms with Crippen molar-refractivity contribution in [3.8, 4) is 0 Å². The van der Waals surface area contributed by atoms with E-state index in [-0.39, 0.29) is 35.6 Å². The minimum atomic E-state index is -0.858. The number of benzene rings is 1. The monoisotopic (exact) mass is 491 g/mol. The highest BCUT2D eigenvalue weighted by Crippen LogP contribution is 2.23. The van der Waals surface area contributed by atoms with Gasteiger partial charge in [0, 0.05) is 31.6 Å². The number of unbranched alkanes of at least 4 members (excludes halogenated alkanes) is 1. The number of alkyl halides is 1. The van der Waals surface area contributed by atoms with Crippen LogP contribution in [0.15, 0.2) is 30.3 Å². The molecule has 0 radical (unpaired) electrons. The lowest BCUT2D eigenvalue weighted by Crippen LogP contribution is -2.60. The molecule has 0 bridgehead atoms. The molecule has 1 N–H and O–H groups in total. The van der Waals surface area contributed by atoms with Crippen LogP contribution in [0.1, 0.15) is 77.7 Å². The maximum Gasteiger partial charge on any atom is 0.245 e. The molecule has 0 saturated carbocycles. The number of nitrogens with one attached hydrogen (secondary N) is 1. The van der Waals surface area contributed by atoms with Crippen molar-refractivity contribution >= 4 is 29.3 Å². The van der Waals surface area contributed by atoms with Gasteiger partial charge in [-0.1, -0.05) is 77.3 Å². The Morgan fingerprint density at radius 2 is 1.74 bits per heavy atom. The van der Waals surface area contributed by atoms with Crippen LogP contribution in [0.5, 0.6) is 0 Å². The van der Waals surface area contributed by atoms with Crippen molar-refractivity contribution in [2.24, 2.45) is 11.8 Å². The average molecular weight is 492 g/mol. The molecular weight excluding hydrogens is 450 g/mol. The minimum Gasteiger partial charge on any atom is -0.342 e. The van der Waals surface area contributed by atoms with Gasteiger partial charge >= 0.3 is 0 Å². The Kier molecular flexibility index (Phi) is 11.4. The highest BCUT2D eigenvalue weighted by molar-refractivity contribution is 6.30. The molecule has 1 aromatic rings.